The highest BCUT2D eigenvalue weighted by molar-refractivity contribution is 9.10. The molecule has 1 fully saturated rings. The summed E-state index contributed by atoms with van der Waals surface area (Å²) in [6.45, 7) is 0.753. The van der Waals surface area contributed by atoms with E-state index in [0.29, 0.717) is 30.3 Å². The fourth-order valence-electron chi connectivity index (χ4n) is 3.58. The van der Waals surface area contributed by atoms with Crippen molar-refractivity contribution in [3.8, 4) is 11.5 Å². The smallest absolute Gasteiger partial charge is 0.243 e. The molecule has 7 nitrogen and oxygen atoms in total. The van der Waals surface area contributed by atoms with Crippen LogP contribution in [0.5, 0.6) is 11.5 Å². The summed E-state index contributed by atoms with van der Waals surface area (Å²) in [4.78, 5) is 26.6. The second-order valence-corrected chi connectivity index (χ2v) is 8.55. The maximum atomic E-state index is 12.6. The van der Waals surface area contributed by atoms with Crippen molar-refractivity contribution in [2.24, 2.45) is 5.92 Å². The Balaban J connectivity index is 1.33. The van der Waals surface area contributed by atoms with Crippen LogP contribution in [-0.4, -0.2) is 25.5 Å². The number of methoxy groups -OCH3 is 1. The van der Waals surface area contributed by atoms with Crippen molar-refractivity contribution in [2.75, 3.05) is 24.0 Å². The number of hydrogen-bond acceptors (Lipinski definition) is 5. The van der Waals surface area contributed by atoms with Crippen LogP contribution in [-0.2, 0) is 16.2 Å². The molecule has 3 aromatic carbocycles. The molecule has 3 aromatic rings. The van der Waals surface area contributed by atoms with Crippen molar-refractivity contribution in [3.05, 3.63) is 82.8 Å². The third-order valence-electron chi connectivity index (χ3n) is 5.36. The Morgan fingerprint density at radius 2 is 1.82 bits per heavy atom. The Kier molecular flexibility index (Phi) is 7.14. The molecule has 0 radical (unpaired) electrons. The minimum atomic E-state index is -0.430. The number of hydrogen-bond donors (Lipinski definition) is 2. The van der Waals surface area contributed by atoms with E-state index < -0.39 is 5.92 Å². The Bertz CT molecular complexity index is 1120. The molecule has 2 amide bonds. The van der Waals surface area contributed by atoms with Crippen molar-refractivity contribution in [2.45, 2.75) is 13.0 Å². The molecule has 0 aliphatic carbocycles. The molecule has 0 saturated carbocycles. The molecule has 0 spiro atoms. The number of halogens is 1. The van der Waals surface area contributed by atoms with Crippen molar-refractivity contribution in [1.82, 2.24) is 5.43 Å². The molecule has 0 bridgehead atoms. The molecule has 2 N–H and O–H groups in total. The molecule has 4 rings (SSSR count). The van der Waals surface area contributed by atoms with Crippen LogP contribution in [0, 0.1) is 5.92 Å². The zero-order valence-electron chi connectivity index (χ0n) is 18.1. The fraction of sp³-hybridized carbons (Fsp3) is 0.200. The molecular weight excluding hydrogens is 486 g/mol. The van der Waals surface area contributed by atoms with Gasteiger partial charge in [-0.15, -0.1) is 0 Å². The minimum Gasteiger partial charge on any atom is -0.493 e. The number of anilines is 2. The topological polar surface area (TPSA) is 79.9 Å². The van der Waals surface area contributed by atoms with Crippen LogP contribution >= 0.6 is 15.9 Å². The van der Waals surface area contributed by atoms with E-state index >= 15 is 0 Å². The summed E-state index contributed by atoms with van der Waals surface area (Å²) in [5.41, 5.74) is 8.07. The summed E-state index contributed by atoms with van der Waals surface area (Å²) in [6, 6.07) is 22.6. The molecule has 33 heavy (non-hydrogen) atoms. The summed E-state index contributed by atoms with van der Waals surface area (Å²) in [6.07, 6.45) is 0.175. The molecular formula is C25H24BrN3O4. The van der Waals surface area contributed by atoms with E-state index in [2.05, 4.69) is 26.8 Å². The first-order valence-corrected chi connectivity index (χ1v) is 11.3. The number of rotatable bonds is 8. The van der Waals surface area contributed by atoms with Crippen molar-refractivity contribution >= 4 is 39.1 Å². The van der Waals surface area contributed by atoms with E-state index in [1.165, 1.54) is 0 Å². The van der Waals surface area contributed by atoms with Gasteiger partial charge in [0.25, 0.3) is 0 Å². The van der Waals surface area contributed by atoms with Gasteiger partial charge < -0.3 is 14.4 Å². The number of para-hydroxylation sites is 1. The third-order valence-corrected chi connectivity index (χ3v) is 5.89. The second kappa shape index (κ2) is 10.4. The standard InChI is InChI=1S/C25H24BrN3O4/c1-32-23-14-20(11-12-22(23)33-16-17-7-9-19(26)10-8-17)27-28-25(31)18-13-24(30)29(15-18)21-5-3-2-4-6-21/h2-12,14,18,27H,13,15-16H2,1H3,(H,28,31)/t18-/m0/s1. The second-order valence-electron chi connectivity index (χ2n) is 7.64. The monoisotopic (exact) mass is 509 g/mol. The number of nitrogens with zero attached hydrogens (tertiary/aromatic N) is 1. The first-order chi connectivity index (χ1) is 16.0. The minimum absolute atomic E-state index is 0.0599. The summed E-state index contributed by atoms with van der Waals surface area (Å²) in [5.74, 6) is 0.405. The Morgan fingerprint density at radius 1 is 1.06 bits per heavy atom. The van der Waals surface area contributed by atoms with Crippen LogP contribution in [0.1, 0.15) is 12.0 Å². The number of carbonyl (C=O) groups excluding carboxylic acids is 2. The number of ether oxygens (including phenoxy) is 2. The number of hydrazine groups is 1. The van der Waals surface area contributed by atoms with Crippen LogP contribution < -0.4 is 25.2 Å². The van der Waals surface area contributed by atoms with Gasteiger partial charge in [-0.2, -0.15) is 0 Å². The SMILES string of the molecule is COc1cc(NNC(=O)[C@H]2CC(=O)N(c3ccccc3)C2)ccc1OCc1ccc(Br)cc1. The summed E-state index contributed by atoms with van der Waals surface area (Å²) < 4.78 is 12.3. The van der Waals surface area contributed by atoms with Gasteiger partial charge in [-0.3, -0.25) is 20.4 Å². The van der Waals surface area contributed by atoms with Gasteiger partial charge in [-0.1, -0.05) is 46.3 Å². The van der Waals surface area contributed by atoms with Gasteiger partial charge in [0.15, 0.2) is 11.5 Å². The zero-order valence-corrected chi connectivity index (χ0v) is 19.7. The van der Waals surface area contributed by atoms with Gasteiger partial charge in [0.2, 0.25) is 11.8 Å². The summed E-state index contributed by atoms with van der Waals surface area (Å²) in [7, 11) is 1.56. The summed E-state index contributed by atoms with van der Waals surface area (Å²) in [5, 5.41) is 0. The lowest BCUT2D eigenvalue weighted by molar-refractivity contribution is -0.125. The maximum absolute atomic E-state index is 12.6. The van der Waals surface area contributed by atoms with Crippen LogP contribution in [0.25, 0.3) is 0 Å². The fourth-order valence-corrected chi connectivity index (χ4v) is 3.85. The summed E-state index contributed by atoms with van der Waals surface area (Å²) >= 11 is 3.42. The number of nitrogens with one attached hydrogen (secondary N) is 2. The lowest BCUT2D eigenvalue weighted by atomic mass is 10.1. The Hall–Kier alpha value is -3.52. The molecule has 0 unspecified atom stereocenters. The van der Waals surface area contributed by atoms with Gasteiger partial charge in [-0.05, 0) is 42.0 Å². The zero-order chi connectivity index (χ0) is 23.2. The number of benzene rings is 3. The van der Waals surface area contributed by atoms with Gasteiger partial charge in [-0.25, -0.2) is 0 Å². The van der Waals surface area contributed by atoms with E-state index in [9.17, 15) is 9.59 Å². The van der Waals surface area contributed by atoms with Crippen LogP contribution in [0.2, 0.25) is 0 Å². The number of amides is 2. The van der Waals surface area contributed by atoms with E-state index in [1.807, 2.05) is 54.6 Å². The van der Waals surface area contributed by atoms with Crippen LogP contribution in [0.4, 0.5) is 11.4 Å². The molecule has 1 aliphatic rings. The lowest BCUT2D eigenvalue weighted by Crippen LogP contribution is -2.36. The molecule has 0 aromatic heterocycles. The van der Waals surface area contributed by atoms with Crippen molar-refractivity contribution < 1.29 is 19.1 Å². The molecule has 170 valence electrons. The highest BCUT2D eigenvalue weighted by Crippen LogP contribution is 2.31. The highest BCUT2D eigenvalue weighted by Gasteiger charge is 2.35. The van der Waals surface area contributed by atoms with Gasteiger partial charge in [0.05, 0.1) is 18.7 Å². The highest BCUT2D eigenvalue weighted by atomic mass is 79.9. The quantitative estimate of drug-likeness (QED) is 0.436. The van der Waals surface area contributed by atoms with E-state index in [4.69, 9.17) is 9.47 Å². The Labute approximate surface area is 200 Å². The molecule has 1 atom stereocenters. The van der Waals surface area contributed by atoms with Crippen LogP contribution in [0.15, 0.2) is 77.3 Å². The first kappa shape index (κ1) is 22.7. The molecule has 1 heterocycles. The molecule has 8 heteroatoms. The first-order valence-electron chi connectivity index (χ1n) is 10.5. The third kappa shape index (κ3) is 5.64. The predicted molar refractivity (Wildman–Crippen MR) is 130 cm³/mol. The van der Waals surface area contributed by atoms with Crippen molar-refractivity contribution in [3.63, 3.8) is 0 Å². The van der Waals surface area contributed by atoms with E-state index in [0.717, 1.165) is 15.7 Å². The van der Waals surface area contributed by atoms with Gasteiger partial charge in [0, 0.05) is 29.2 Å². The average molecular weight is 510 g/mol. The van der Waals surface area contributed by atoms with Gasteiger partial charge >= 0.3 is 0 Å². The molecule has 1 saturated heterocycles. The number of carbonyl (C=O) groups is 2. The largest absolute Gasteiger partial charge is 0.493 e. The van der Waals surface area contributed by atoms with E-state index in [-0.39, 0.29) is 18.2 Å². The van der Waals surface area contributed by atoms with E-state index in [1.54, 1.807) is 30.2 Å². The van der Waals surface area contributed by atoms with Crippen molar-refractivity contribution in [1.29, 1.82) is 0 Å². The van der Waals surface area contributed by atoms with Gasteiger partial charge in [0.1, 0.15) is 6.61 Å². The maximum Gasteiger partial charge on any atom is 0.243 e. The Morgan fingerprint density at radius 3 is 2.55 bits per heavy atom. The predicted octanol–water partition coefficient (Wildman–Crippen LogP) is 4.53. The average Bonchev–Trinajstić information content (AvgIpc) is 3.24. The normalized spacial score (nSPS) is 15.3. The van der Waals surface area contributed by atoms with Crippen LogP contribution in [0.3, 0.4) is 0 Å². The lowest BCUT2D eigenvalue weighted by Gasteiger charge is -2.17. The molecule has 1 aliphatic heterocycles.